The first-order valence-electron chi connectivity index (χ1n) is 7.65. The molecule has 1 N–H and O–H groups in total. The van der Waals surface area contributed by atoms with Crippen molar-refractivity contribution in [2.24, 2.45) is 11.8 Å². The van der Waals surface area contributed by atoms with Crippen molar-refractivity contribution in [1.82, 2.24) is 4.90 Å². The largest absolute Gasteiger partial charge is 0.508 e. The summed E-state index contributed by atoms with van der Waals surface area (Å²) in [6.45, 7) is 9.21. The van der Waals surface area contributed by atoms with Crippen LogP contribution < -0.4 is 0 Å². The Kier molecular flexibility index (Phi) is 4.87. The Morgan fingerprint density at radius 3 is 2.37 bits per heavy atom. The molecule has 106 valence electrons. The Morgan fingerprint density at radius 1 is 1.21 bits per heavy atom. The van der Waals surface area contributed by atoms with Crippen LogP contribution in [0, 0.1) is 11.8 Å². The number of para-hydroxylation sites is 1. The van der Waals surface area contributed by atoms with E-state index in [1.807, 2.05) is 12.1 Å². The smallest absolute Gasteiger partial charge is 0.120 e. The van der Waals surface area contributed by atoms with Crippen LogP contribution in [0.4, 0.5) is 0 Å². The normalized spacial score (nSPS) is 19.8. The van der Waals surface area contributed by atoms with Crippen LogP contribution in [0.25, 0.3) is 0 Å². The van der Waals surface area contributed by atoms with Crippen molar-refractivity contribution in [3.8, 4) is 5.75 Å². The predicted octanol–water partition coefficient (Wildman–Crippen LogP) is 4.21. The van der Waals surface area contributed by atoms with Gasteiger partial charge in [-0.3, -0.25) is 4.90 Å². The number of likely N-dealkylation sites (tertiary alicyclic amines) is 1. The second-order valence-electron chi connectivity index (χ2n) is 6.10. The van der Waals surface area contributed by atoms with Crippen LogP contribution in [0.3, 0.4) is 0 Å². The van der Waals surface area contributed by atoms with Crippen molar-refractivity contribution in [2.75, 3.05) is 13.1 Å². The minimum Gasteiger partial charge on any atom is -0.508 e. The van der Waals surface area contributed by atoms with Gasteiger partial charge in [-0.15, -0.1) is 0 Å². The lowest BCUT2D eigenvalue weighted by molar-refractivity contribution is 0.110. The maximum absolute atomic E-state index is 10.1. The molecule has 1 heterocycles. The average molecular weight is 261 g/mol. The van der Waals surface area contributed by atoms with Gasteiger partial charge in [0, 0.05) is 11.6 Å². The van der Waals surface area contributed by atoms with E-state index in [1.54, 1.807) is 6.07 Å². The van der Waals surface area contributed by atoms with Gasteiger partial charge in [0.2, 0.25) is 0 Å². The van der Waals surface area contributed by atoms with Gasteiger partial charge in [-0.05, 0) is 50.3 Å². The van der Waals surface area contributed by atoms with Gasteiger partial charge < -0.3 is 5.11 Å². The molecule has 0 spiro atoms. The van der Waals surface area contributed by atoms with E-state index in [0.29, 0.717) is 11.8 Å². The maximum atomic E-state index is 10.1. The molecule has 0 aliphatic carbocycles. The van der Waals surface area contributed by atoms with Crippen LogP contribution in [0.1, 0.15) is 51.6 Å². The Balaban J connectivity index is 2.06. The summed E-state index contributed by atoms with van der Waals surface area (Å²) in [5.41, 5.74) is 1.09. The number of phenols is 1. The van der Waals surface area contributed by atoms with E-state index in [4.69, 9.17) is 0 Å². The molecule has 1 atom stereocenters. The molecular formula is C17H27NO. The Labute approximate surface area is 117 Å². The molecule has 2 rings (SSSR count). The first-order valence-corrected chi connectivity index (χ1v) is 7.65. The van der Waals surface area contributed by atoms with Crippen LogP contribution in [0.2, 0.25) is 0 Å². The van der Waals surface area contributed by atoms with Gasteiger partial charge in [-0.2, -0.15) is 0 Å². The highest BCUT2D eigenvalue weighted by Gasteiger charge is 2.27. The van der Waals surface area contributed by atoms with Crippen LogP contribution in [0.5, 0.6) is 5.75 Å². The minimum atomic E-state index is 0.370. The van der Waals surface area contributed by atoms with Crippen LogP contribution in [-0.4, -0.2) is 23.1 Å². The summed E-state index contributed by atoms with van der Waals surface area (Å²) in [7, 11) is 0. The molecule has 0 radical (unpaired) electrons. The molecule has 1 fully saturated rings. The zero-order chi connectivity index (χ0) is 13.8. The Morgan fingerprint density at radius 2 is 1.84 bits per heavy atom. The summed E-state index contributed by atoms with van der Waals surface area (Å²) in [4.78, 5) is 2.55. The standard InChI is InChI=1S/C17H27NO/c1-4-16(15-7-5-6-8-17(15)19)18-11-9-14(10-12-18)13(2)3/h5-8,13-14,16,19H,4,9-12H2,1-3H3. The number of nitrogens with zero attached hydrogens (tertiary/aromatic N) is 1. The molecule has 1 aliphatic heterocycles. The van der Waals surface area contributed by atoms with Gasteiger partial charge in [-0.1, -0.05) is 39.0 Å². The lowest BCUT2D eigenvalue weighted by atomic mass is 9.85. The van der Waals surface area contributed by atoms with Gasteiger partial charge in [0.15, 0.2) is 0 Å². The Hall–Kier alpha value is -1.02. The highest BCUT2D eigenvalue weighted by Crippen LogP contribution is 2.35. The number of aromatic hydroxyl groups is 1. The topological polar surface area (TPSA) is 23.5 Å². The SMILES string of the molecule is CCC(c1ccccc1O)N1CCC(C(C)C)CC1. The number of hydrogen-bond acceptors (Lipinski definition) is 2. The average Bonchev–Trinajstić information content (AvgIpc) is 2.42. The van der Waals surface area contributed by atoms with Crippen LogP contribution in [-0.2, 0) is 0 Å². The van der Waals surface area contributed by atoms with Crippen molar-refractivity contribution in [3.63, 3.8) is 0 Å². The van der Waals surface area contributed by atoms with Crippen molar-refractivity contribution >= 4 is 0 Å². The number of phenolic OH excluding ortho intramolecular Hbond substituents is 1. The highest BCUT2D eigenvalue weighted by atomic mass is 16.3. The number of hydrogen-bond donors (Lipinski definition) is 1. The predicted molar refractivity (Wildman–Crippen MR) is 80.3 cm³/mol. The third kappa shape index (κ3) is 3.30. The molecule has 1 aliphatic rings. The zero-order valence-electron chi connectivity index (χ0n) is 12.5. The molecular weight excluding hydrogens is 234 g/mol. The van der Waals surface area contributed by atoms with E-state index >= 15 is 0 Å². The summed E-state index contributed by atoms with van der Waals surface area (Å²) in [6.07, 6.45) is 3.65. The van der Waals surface area contributed by atoms with Crippen molar-refractivity contribution < 1.29 is 5.11 Å². The first-order chi connectivity index (χ1) is 9.13. The quantitative estimate of drug-likeness (QED) is 0.877. The highest BCUT2D eigenvalue weighted by molar-refractivity contribution is 5.34. The second kappa shape index (κ2) is 6.42. The Bertz CT molecular complexity index is 394. The lowest BCUT2D eigenvalue weighted by Crippen LogP contribution is -2.37. The molecule has 2 nitrogen and oxygen atoms in total. The molecule has 1 aromatic rings. The third-order valence-electron chi connectivity index (χ3n) is 4.64. The van der Waals surface area contributed by atoms with Gasteiger partial charge in [0.05, 0.1) is 0 Å². The van der Waals surface area contributed by atoms with E-state index in [1.165, 1.54) is 12.8 Å². The van der Waals surface area contributed by atoms with E-state index in [0.717, 1.165) is 36.9 Å². The second-order valence-corrected chi connectivity index (χ2v) is 6.10. The molecule has 1 aromatic carbocycles. The van der Waals surface area contributed by atoms with Crippen molar-refractivity contribution in [2.45, 2.75) is 46.1 Å². The molecule has 19 heavy (non-hydrogen) atoms. The summed E-state index contributed by atoms with van der Waals surface area (Å²) in [5, 5.41) is 10.1. The fraction of sp³-hybridized carbons (Fsp3) is 0.647. The molecule has 0 amide bonds. The molecule has 1 saturated heterocycles. The summed E-state index contributed by atoms with van der Waals surface area (Å²) >= 11 is 0. The number of benzene rings is 1. The summed E-state index contributed by atoms with van der Waals surface area (Å²) < 4.78 is 0. The molecule has 0 bridgehead atoms. The molecule has 0 saturated carbocycles. The van der Waals surface area contributed by atoms with E-state index in [-0.39, 0.29) is 0 Å². The van der Waals surface area contributed by atoms with E-state index < -0.39 is 0 Å². The van der Waals surface area contributed by atoms with Gasteiger partial charge in [0.1, 0.15) is 5.75 Å². The molecule has 2 heteroatoms. The maximum Gasteiger partial charge on any atom is 0.120 e. The number of rotatable bonds is 4. The molecule has 1 unspecified atom stereocenters. The minimum absolute atomic E-state index is 0.370. The third-order valence-corrected chi connectivity index (χ3v) is 4.64. The van der Waals surface area contributed by atoms with Crippen molar-refractivity contribution in [1.29, 1.82) is 0 Å². The molecule has 0 aromatic heterocycles. The lowest BCUT2D eigenvalue weighted by Gasteiger charge is -2.38. The summed E-state index contributed by atoms with van der Waals surface area (Å²) in [5.74, 6) is 2.12. The van der Waals surface area contributed by atoms with Gasteiger partial charge in [-0.25, -0.2) is 0 Å². The fourth-order valence-electron chi connectivity index (χ4n) is 3.34. The van der Waals surface area contributed by atoms with Gasteiger partial charge >= 0.3 is 0 Å². The van der Waals surface area contributed by atoms with Crippen LogP contribution in [0.15, 0.2) is 24.3 Å². The van der Waals surface area contributed by atoms with Gasteiger partial charge in [0.25, 0.3) is 0 Å². The first kappa shape index (κ1) is 14.4. The zero-order valence-corrected chi connectivity index (χ0v) is 12.5. The van der Waals surface area contributed by atoms with Crippen molar-refractivity contribution in [3.05, 3.63) is 29.8 Å². The summed E-state index contributed by atoms with van der Waals surface area (Å²) in [6, 6.07) is 8.17. The van der Waals surface area contributed by atoms with E-state index in [2.05, 4.69) is 31.7 Å². The fourth-order valence-corrected chi connectivity index (χ4v) is 3.34. The number of piperidine rings is 1. The monoisotopic (exact) mass is 261 g/mol. The van der Waals surface area contributed by atoms with E-state index in [9.17, 15) is 5.11 Å². The van der Waals surface area contributed by atoms with Crippen LogP contribution >= 0.6 is 0 Å².